The molecule has 0 aromatic rings. The number of rotatable bonds is 8. The first-order valence-corrected chi connectivity index (χ1v) is 11.3. The molecule has 1 saturated heterocycles. The first-order chi connectivity index (χ1) is 11.1. The number of likely N-dealkylation sites (tertiary alicyclic amines) is 1. The molecular formula is C18H38IN3O2S. The highest BCUT2D eigenvalue weighted by atomic mass is 127. The first kappa shape index (κ1) is 24.9. The minimum atomic E-state index is -2.91. The molecule has 0 aromatic carbocycles. The molecule has 0 amide bonds. The minimum Gasteiger partial charge on any atom is -0.356 e. The van der Waals surface area contributed by atoms with Crippen LogP contribution in [0.2, 0.25) is 0 Å². The van der Waals surface area contributed by atoms with Crippen LogP contribution >= 0.6 is 24.0 Å². The summed E-state index contributed by atoms with van der Waals surface area (Å²) in [7, 11) is -1.08. The van der Waals surface area contributed by atoms with Gasteiger partial charge in [0.2, 0.25) is 0 Å². The normalized spacial score (nSPS) is 19.2. The second kappa shape index (κ2) is 10.9. The molecule has 25 heavy (non-hydrogen) atoms. The molecule has 0 radical (unpaired) electrons. The van der Waals surface area contributed by atoms with Gasteiger partial charge in [-0.05, 0) is 30.1 Å². The predicted octanol–water partition coefficient (Wildman–Crippen LogP) is 3.40. The number of hydrogen-bond acceptors (Lipinski definition) is 3. The van der Waals surface area contributed by atoms with Gasteiger partial charge >= 0.3 is 0 Å². The molecule has 0 spiro atoms. The van der Waals surface area contributed by atoms with Gasteiger partial charge in [-0.2, -0.15) is 0 Å². The first-order valence-electron chi connectivity index (χ1n) is 9.25. The van der Waals surface area contributed by atoms with Crippen molar-refractivity contribution in [1.82, 2.24) is 10.2 Å². The molecule has 0 saturated carbocycles. The van der Waals surface area contributed by atoms with Crippen LogP contribution in [0.5, 0.6) is 0 Å². The summed E-state index contributed by atoms with van der Waals surface area (Å²) in [5, 5.41) is 3.46. The predicted molar refractivity (Wildman–Crippen MR) is 119 cm³/mol. The number of aliphatic imine (C=N–C) groups is 1. The SMILES string of the molecule is CCC(CC)C1CCN(C(=NC)NCC(C)(C)CCS(C)(=O)=O)C1.I. The zero-order valence-electron chi connectivity index (χ0n) is 16.8. The zero-order chi connectivity index (χ0) is 18.4. The van der Waals surface area contributed by atoms with Gasteiger partial charge in [0.1, 0.15) is 9.84 Å². The van der Waals surface area contributed by atoms with E-state index in [1.54, 1.807) is 0 Å². The highest BCUT2D eigenvalue weighted by molar-refractivity contribution is 14.0. The number of nitrogens with one attached hydrogen (secondary N) is 1. The third-order valence-electron chi connectivity index (χ3n) is 5.33. The lowest BCUT2D eigenvalue weighted by molar-refractivity contribution is 0.313. The van der Waals surface area contributed by atoms with E-state index in [1.807, 2.05) is 7.05 Å². The van der Waals surface area contributed by atoms with Crippen molar-refractivity contribution in [2.45, 2.75) is 53.4 Å². The second-order valence-corrected chi connectivity index (χ2v) is 10.3. The zero-order valence-corrected chi connectivity index (χ0v) is 20.0. The third kappa shape index (κ3) is 8.93. The van der Waals surface area contributed by atoms with Crippen LogP contribution in [0.4, 0.5) is 0 Å². The Labute approximate surface area is 172 Å². The Hall–Kier alpha value is -0.0500. The summed E-state index contributed by atoms with van der Waals surface area (Å²) in [5.41, 5.74) is -0.0759. The topological polar surface area (TPSA) is 61.8 Å². The summed E-state index contributed by atoms with van der Waals surface area (Å²) in [5.74, 6) is 2.76. The number of halogens is 1. The minimum absolute atomic E-state index is 0. The van der Waals surface area contributed by atoms with E-state index in [9.17, 15) is 8.42 Å². The Balaban J connectivity index is 0.00000576. The molecule has 1 aliphatic rings. The summed E-state index contributed by atoms with van der Waals surface area (Å²) in [6.45, 7) is 11.7. The van der Waals surface area contributed by atoms with Gasteiger partial charge in [0.05, 0.1) is 5.75 Å². The van der Waals surface area contributed by atoms with Crippen LogP contribution in [-0.4, -0.2) is 58.0 Å². The number of sulfone groups is 1. The largest absolute Gasteiger partial charge is 0.356 e. The van der Waals surface area contributed by atoms with E-state index in [1.165, 1.54) is 25.5 Å². The standard InChI is InChI=1S/C18H37N3O2S.HI/c1-7-15(8-2)16-9-11-21(13-16)17(19-5)20-14-18(3,4)10-12-24(6,22)23;/h15-16H,7-14H2,1-6H3,(H,19,20);1H. The van der Waals surface area contributed by atoms with E-state index < -0.39 is 9.84 Å². The van der Waals surface area contributed by atoms with E-state index in [-0.39, 0.29) is 35.1 Å². The fourth-order valence-corrected chi connectivity index (χ4v) is 4.44. The monoisotopic (exact) mass is 487 g/mol. The van der Waals surface area contributed by atoms with Gasteiger partial charge in [-0.3, -0.25) is 4.99 Å². The van der Waals surface area contributed by atoms with Crippen molar-refractivity contribution < 1.29 is 8.42 Å². The Morgan fingerprint density at radius 3 is 2.40 bits per heavy atom. The molecule has 0 aromatic heterocycles. The molecule has 0 aliphatic carbocycles. The van der Waals surface area contributed by atoms with E-state index in [4.69, 9.17) is 0 Å². The number of guanidine groups is 1. The van der Waals surface area contributed by atoms with E-state index in [2.05, 4.69) is 42.9 Å². The van der Waals surface area contributed by atoms with Crippen LogP contribution in [0.3, 0.4) is 0 Å². The van der Waals surface area contributed by atoms with Gasteiger partial charge in [-0.25, -0.2) is 8.42 Å². The Morgan fingerprint density at radius 1 is 1.32 bits per heavy atom. The lowest BCUT2D eigenvalue weighted by Crippen LogP contribution is -2.44. The lowest BCUT2D eigenvalue weighted by atomic mass is 9.87. The van der Waals surface area contributed by atoms with Crippen molar-refractivity contribution in [3.63, 3.8) is 0 Å². The highest BCUT2D eigenvalue weighted by Gasteiger charge is 2.30. The van der Waals surface area contributed by atoms with Crippen LogP contribution in [0, 0.1) is 17.3 Å². The van der Waals surface area contributed by atoms with Crippen molar-refractivity contribution in [3.8, 4) is 0 Å². The summed E-state index contributed by atoms with van der Waals surface area (Å²) < 4.78 is 22.8. The van der Waals surface area contributed by atoms with Gasteiger partial charge in [-0.1, -0.05) is 40.5 Å². The van der Waals surface area contributed by atoms with Crippen LogP contribution in [0.15, 0.2) is 4.99 Å². The Kier molecular flexibility index (Phi) is 10.9. The summed E-state index contributed by atoms with van der Waals surface area (Å²) >= 11 is 0. The average molecular weight is 487 g/mol. The van der Waals surface area contributed by atoms with Crippen LogP contribution in [-0.2, 0) is 9.84 Å². The molecule has 1 rings (SSSR count). The van der Waals surface area contributed by atoms with Gasteiger partial charge in [0.25, 0.3) is 0 Å². The fraction of sp³-hybridized carbons (Fsp3) is 0.944. The molecule has 150 valence electrons. The van der Waals surface area contributed by atoms with Crippen LogP contribution in [0.25, 0.3) is 0 Å². The Bertz CT molecular complexity index is 516. The Morgan fingerprint density at radius 2 is 1.92 bits per heavy atom. The van der Waals surface area contributed by atoms with Crippen molar-refractivity contribution in [1.29, 1.82) is 0 Å². The molecule has 1 aliphatic heterocycles. The van der Waals surface area contributed by atoms with Crippen molar-refractivity contribution >= 4 is 39.8 Å². The molecule has 1 atom stereocenters. The quantitative estimate of drug-likeness (QED) is 0.324. The second-order valence-electron chi connectivity index (χ2n) is 8.02. The molecule has 1 N–H and O–H groups in total. The van der Waals surface area contributed by atoms with E-state index >= 15 is 0 Å². The van der Waals surface area contributed by atoms with Gasteiger partial charge in [0.15, 0.2) is 5.96 Å². The summed E-state index contributed by atoms with van der Waals surface area (Å²) in [6.07, 6.45) is 5.70. The number of nitrogens with zero attached hydrogens (tertiary/aromatic N) is 2. The van der Waals surface area contributed by atoms with Crippen LogP contribution in [0.1, 0.15) is 53.4 Å². The summed E-state index contributed by atoms with van der Waals surface area (Å²) in [6, 6.07) is 0. The summed E-state index contributed by atoms with van der Waals surface area (Å²) in [4.78, 5) is 6.80. The molecule has 0 bridgehead atoms. The maximum absolute atomic E-state index is 11.4. The van der Waals surface area contributed by atoms with Crippen molar-refractivity contribution in [2.75, 3.05) is 38.7 Å². The maximum atomic E-state index is 11.4. The molecular weight excluding hydrogens is 449 g/mol. The fourth-order valence-electron chi connectivity index (χ4n) is 3.52. The highest BCUT2D eigenvalue weighted by Crippen LogP contribution is 2.29. The smallest absolute Gasteiger partial charge is 0.193 e. The lowest BCUT2D eigenvalue weighted by Gasteiger charge is -2.29. The molecule has 1 unspecified atom stereocenters. The van der Waals surface area contributed by atoms with Crippen LogP contribution < -0.4 is 5.32 Å². The van der Waals surface area contributed by atoms with Crippen molar-refractivity contribution in [3.05, 3.63) is 0 Å². The van der Waals surface area contributed by atoms with E-state index in [0.29, 0.717) is 6.42 Å². The molecule has 1 fully saturated rings. The molecule has 7 heteroatoms. The molecule has 1 heterocycles. The van der Waals surface area contributed by atoms with E-state index in [0.717, 1.165) is 37.4 Å². The number of hydrogen-bond donors (Lipinski definition) is 1. The molecule has 5 nitrogen and oxygen atoms in total. The maximum Gasteiger partial charge on any atom is 0.193 e. The van der Waals surface area contributed by atoms with Gasteiger partial charge in [0, 0.05) is 32.9 Å². The third-order valence-corrected chi connectivity index (χ3v) is 6.27. The van der Waals surface area contributed by atoms with Gasteiger partial charge < -0.3 is 10.2 Å². The van der Waals surface area contributed by atoms with Crippen molar-refractivity contribution in [2.24, 2.45) is 22.2 Å². The van der Waals surface area contributed by atoms with Gasteiger partial charge in [-0.15, -0.1) is 24.0 Å². The average Bonchev–Trinajstić information content (AvgIpc) is 2.96.